The highest BCUT2D eigenvalue weighted by Crippen LogP contribution is 2.44. The molecule has 1 atom stereocenters. The van der Waals surface area contributed by atoms with Gasteiger partial charge in [0.1, 0.15) is 28.7 Å². The van der Waals surface area contributed by atoms with E-state index in [1.807, 2.05) is 42.5 Å². The second-order valence-corrected chi connectivity index (χ2v) is 10.3. The zero-order valence-electron chi connectivity index (χ0n) is 21.1. The molecule has 5 aromatic rings. The number of hydrogen-bond acceptors (Lipinski definition) is 8. The highest BCUT2D eigenvalue weighted by Gasteiger charge is 2.48. The smallest absolute Gasteiger partial charge is 0.301 e. The summed E-state index contributed by atoms with van der Waals surface area (Å²) >= 11 is 1.20. The molecular weight excluding hydrogens is 514 g/mol. The Labute approximate surface area is 227 Å². The zero-order valence-corrected chi connectivity index (χ0v) is 21.9. The van der Waals surface area contributed by atoms with Crippen LogP contribution in [0.3, 0.4) is 0 Å². The van der Waals surface area contributed by atoms with Crippen molar-refractivity contribution in [2.24, 2.45) is 0 Å². The second kappa shape index (κ2) is 9.80. The number of fused-ring (bicyclic) bond motifs is 1. The average Bonchev–Trinajstić information content (AvgIpc) is 3.60. The maximum Gasteiger partial charge on any atom is 0.301 e. The predicted octanol–water partition coefficient (Wildman–Crippen LogP) is 5.01. The molecule has 1 aliphatic heterocycles. The van der Waals surface area contributed by atoms with Crippen molar-refractivity contribution in [3.63, 3.8) is 0 Å². The van der Waals surface area contributed by atoms with Crippen molar-refractivity contribution in [2.45, 2.75) is 26.5 Å². The quantitative estimate of drug-likeness (QED) is 0.184. The number of rotatable bonds is 6. The number of aliphatic hydroxyl groups is 1. The number of pyridine rings is 1. The highest BCUT2D eigenvalue weighted by molar-refractivity contribution is 7.15. The number of anilines is 1. The van der Waals surface area contributed by atoms with E-state index in [2.05, 4.69) is 15.2 Å². The topological polar surface area (TPSA) is 110 Å². The van der Waals surface area contributed by atoms with Crippen molar-refractivity contribution in [2.75, 3.05) is 4.90 Å². The summed E-state index contributed by atoms with van der Waals surface area (Å²) in [6, 6.07) is 21.4. The van der Waals surface area contributed by atoms with Crippen molar-refractivity contribution in [3.8, 4) is 5.75 Å². The minimum atomic E-state index is -0.953. The maximum atomic E-state index is 13.5. The lowest BCUT2D eigenvalue weighted by atomic mass is 9.96. The van der Waals surface area contributed by atoms with E-state index in [9.17, 15) is 14.7 Å². The molecule has 1 saturated heterocycles. The van der Waals surface area contributed by atoms with Gasteiger partial charge in [-0.25, -0.2) is 4.98 Å². The van der Waals surface area contributed by atoms with Gasteiger partial charge in [0, 0.05) is 6.20 Å². The van der Waals surface area contributed by atoms with Crippen LogP contribution in [0.5, 0.6) is 5.75 Å². The molecule has 0 aliphatic carbocycles. The van der Waals surface area contributed by atoms with Crippen LogP contribution >= 0.6 is 11.3 Å². The number of amides is 1. The highest BCUT2D eigenvalue weighted by atomic mass is 32.1. The summed E-state index contributed by atoms with van der Waals surface area (Å²) in [5, 5.41) is 20.8. The van der Waals surface area contributed by atoms with Crippen molar-refractivity contribution in [1.29, 1.82) is 0 Å². The molecule has 10 heteroatoms. The third-order valence-electron chi connectivity index (χ3n) is 6.52. The second-order valence-electron chi connectivity index (χ2n) is 9.09. The molecule has 194 valence electrons. The van der Waals surface area contributed by atoms with Crippen LogP contribution in [0.15, 0.2) is 84.6 Å². The van der Waals surface area contributed by atoms with Crippen LogP contribution in [0.25, 0.3) is 11.4 Å². The van der Waals surface area contributed by atoms with Gasteiger partial charge >= 0.3 is 5.91 Å². The molecule has 1 amide bonds. The number of ketones is 1. The molecule has 1 unspecified atom stereocenters. The predicted molar refractivity (Wildman–Crippen MR) is 147 cm³/mol. The van der Waals surface area contributed by atoms with E-state index in [4.69, 9.17) is 4.74 Å². The van der Waals surface area contributed by atoms with E-state index in [1.165, 1.54) is 16.2 Å². The van der Waals surface area contributed by atoms with Crippen molar-refractivity contribution < 1.29 is 19.4 Å². The molecule has 1 N–H and O–H groups in total. The van der Waals surface area contributed by atoms with E-state index in [0.717, 1.165) is 5.56 Å². The summed E-state index contributed by atoms with van der Waals surface area (Å²) in [5.74, 6) is -1.36. The number of aliphatic hydroxyl groups excluding tert-OH is 1. The van der Waals surface area contributed by atoms with Crippen LogP contribution in [0.2, 0.25) is 0 Å². The third-order valence-corrected chi connectivity index (χ3v) is 7.35. The number of aromatic nitrogens is 4. The number of nitrogens with zero attached hydrogens (tertiary/aromatic N) is 5. The Bertz CT molecular complexity index is 1760. The first kappa shape index (κ1) is 24.5. The van der Waals surface area contributed by atoms with Crippen molar-refractivity contribution in [1.82, 2.24) is 19.6 Å². The van der Waals surface area contributed by atoms with Crippen molar-refractivity contribution in [3.05, 3.63) is 112 Å². The van der Waals surface area contributed by atoms with Gasteiger partial charge in [0.15, 0.2) is 5.76 Å². The normalized spacial score (nSPS) is 16.8. The first-order chi connectivity index (χ1) is 18.9. The molecule has 0 spiro atoms. The molecular formula is C29H23N5O4S. The van der Waals surface area contributed by atoms with Crippen LogP contribution < -0.4 is 9.64 Å². The molecule has 9 nitrogen and oxygen atoms in total. The summed E-state index contributed by atoms with van der Waals surface area (Å²) in [5.41, 5.74) is 3.01. The molecule has 3 aromatic heterocycles. The van der Waals surface area contributed by atoms with Gasteiger partial charge in [0.05, 0.1) is 17.3 Å². The van der Waals surface area contributed by atoms with Gasteiger partial charge in [-0.2, -0.15) is 0 Å². The number of carbonyl (C=O) groups excluding carboxylic acids is 2. The number of hydrogen-bond donors (Lipinski definition) is 1. The fourth-order valence-electron chi connectivity index (χ4n) is 4.77. The summed E-state index contributed by atoms with van der Waals surface area (Å²) < 4.78 is 7.73. The number of imidazole rings is 1. The number of carbonyl (C=O) groups is 2. The molecule has 2 aromatic carbocycles. The fraction of sp³-hybridized carbons (Fsp3) is 0.138. The summed E-state index contributed by atoms with van der Waals surface area (Å²) in [6.07, 6.45) is 1.75. The van der Waals surface area contributed by atoms with Gasteiger partial charge < -0.3 is 9.84 Å². The number of benzene rings is 2. The van der Waals surface area contributed by atoms with E-state index in [0.29, 0.717) is 40.0 Å². The lowest BCUT2D eigenvalue weighted by Gasteiger charge is -2.23. The lowest BCUT2D eigenvalue weighted by Crippen LogP contribution is -2.29. The van der Waals surface area contributed by atoms with Crippen LogP contribution in [0.4, 0.5) is 5.13 Å². The Morgan fingerprint density at radius 3 is 2.56 bits per heavy atom. The van der Waals surface area contributed by atoms with Gasteiger partial charge in [0.2, 0.25) is 5.13 Å². The van der Waals surface area contributed by atoms with E-state index in [-0.39, 0.29) is 16.5 Å². The number of ether oxygens (including phenoxy) is 1. The SMILES string of the molecule is Cc1nnc(N2C(=O)C(=O)C(=C(O)c3c(C)nc4ccccn34)C2c2cccc(OCc3ccccc3)c2)s1. The average molecular weight is 538 g/mol. The Morgan fingerprint density at radius 2 is 1.79 bits per heavy atom. The van der Waals surface area contributed by atoms with Crippen LogP contribution in [0, 0.1) is 13.8 Å². The lowest BCUT2D eigenvalue weighted by molar-refractivity contribution is -0.132. The van der Waals surface area contributed by atoms with Crippen LogP contribution in [-0.2, 0) is 16.2 Å². The maximum absolute atomic E-state index is 13.5. The molecule has 6 rings (SSSR count). The van der Waals surface area contributed by atoms with E-state index < -0.39 is 17.7 Å². The zero-order chi connectivity index (χ0) is 27.1. The first-order valence-corrected chi connectivity index (χ1v) is 13.1. The van der Waals surface area contributed by atoms with Crippen LogP contribution in [-0.4, -0.2) is 36.4 Å². The van der Waals surface area contributed by atoms with E-state index >= 15 is 0 Å². The molecule has 0 saturated carbocycles. The Hall–Kier alpha value is -4.83. The molecule has 0 radical (unpaired) electrons. The van der Waals surface area contributed by atoms with Gasteiger partial charge in [-0.05, 0) is 49.2 Å². The molecule has 1 fully saturated rings. The Balaban J connectivity index is 1.50. The van der Waals surface area contributed by atoms with Gasteiger partial charge in [0.25, 0.3) is 5.78 Å². The number of aryl methyl sites for hydroxylation is 2. The summed E-state index contributed by atoms with van der Waals surface area (Å²) in [4.78, 5) is 32.8. The standard InChI is InChI=1S/C29H23N5O4S/c1-17-24(33-14-7-6-13-22(33)30-17)26(35)23-25(34(28(37)27(23)36)29-32-31-18(2)39-29)20-11-8-12-21(15-20)38-16-19-9-4-3-5-10-19/h3-15,25,35H,16H2,1-2H3. The van der Waals surface area contributed by atoms with Gasteiger partial charge in [-0.15, -0.1) is 10.2 Å². The van der Waals surface area contributed by atoms with Gasteiger partial charge in [-0.3, -0.25) is 18.9 Å². The summed E-state index contributed by atoms with van der Waals surface area (Å²) in [7, 11) is 0. The molecule has 4 heterocycles. The summed E-state index contributed by atoms with van der Waals surface area (Å²) in [6.45, 7) is 3.87. The molecule has 0 bridgehead atoms. The fourth-order valence-corrected chi connectivity index (χ4v) is 5.48. The first-order valence-electron chi connectivity index (χ1n) is 12.2. The Morgan fingerprint density at radius 1 is 1.00 bits per heavy atom. The van der Waals surface area contributed by atoms with E-state index in [1.54, 1.807) is 54.8 Å². The largest absolute Gasteiger partial charge is 0.505 e. The monoisotopic (exact) mass is 537 g/mol. The minimum absolute atomic E-state index is 0.0539. The van der Waals surface area contributed by atoms with Gasteiger partial charge in [-0.1, -0.05) is 59.9 Å². The van der Waals surface area contributed by atoms with Crippen LogP contribution in [0.1, 0.15) is 33.6 Å². The third kappa shape index (κ3) is 4.34. The minimum Gasteiger partial charge on any atom is -0.505 e. The number of Topliss-reactive ketones (excluding diaryl/α,β-unsaturated/α-hetero) is 1. The van der Waals surface area contributed by atoms with Crippen molar-refractivity contribution >= 4 is 39.6 Å². The molecule has 39 heavy (non-hydrogen) atoms. The molecule has 1 aliphatic rings. The Kier molecular flexibility index (Phi) is 6.16.